The van der Waals surface area contributed by atoms with Gasteiger partial charge in [-0.15, -0.1) is 0 Å². The summed E-state index contributed by atoms with van der Waals surface area (Å²) >= 11 is 0. The molecule has 0 fully saturated rings. The average Bonchev–Trinajstić information content (AvgIpc) is 2.17. The van der Waals surface area contributed by atoms with Crippen LogP contribution in [0.2, 0.25) is 0 Å². The van der Waals surface area contributed by atoms with E-state index in [1.807, 2.05) is 13.0 Å². The molecule has 0 heterocycles. The molecule has 0 aliphatic rings. The minimum atomic E-state index is -0.564. The van der Waals surface area contributed by atoms with Gasteiger partial charge in [-0.2, -0.15) is 0 Å². The van der Waals surface area contributed by atoms with Gasteiger partial charge in [0.25, 0.3) is 0 Å². The zero-order valence-corrected chi connectivity index (χ0v) is 11.5. The third-order valence-corrected chi connectivity index (χ3v) is 2.19. The zero-order chi connectivity index (χ0) is 13.9. The zero-order valence-electron chi connectivity index (χ0n) is 11.5. The first kappa shape index (κ1) is 14.2. The minimum absolute atomic E-state index is 0.0928. The Bertz CT molecular complexity index is 472. The van der Waals surface area contributed by atoms with Crippen LogP contribution in [0.1, 0.15) is 43.6 Å². The number of ether oxygens (including phenoxy) is 1. The molecule has 0 unspecified atom stereocenters. The smallest absolute Gasteiger partial charge is 0.412 e. The second kappa shape index (κ2) is 5.21. The van der Waals surface area contributed by atoms with Crippen molar-refractivity contribution in [1.82, 2.24) is 0 Å². The number of benzene rings is 1. The third kappa shape index (κ3) is 4.20. The Kier molecular flexibility index (Phi) is 4.11. The van der Waals surface area contributed by atoms with Crippen LogP contribution in [0.15, 0.2) is 18.2 Å². The summed E-state index contributed by atoms with van der Waals surface area (Å²) in [4.78, 5) is 23.1. The van der Waals surface area contributed by atoms with Crippen LogP contribution in [-0.4, -0.2) is 17.5 Å². The van der Waals surface area contributed by atoms with Crippen molar-refractivity contribution in [2.75, 3.05) is 5.32 Å². The topological polar surface area (TPSA) is 55.4 Å². The van der Waals surface area contributed by atoms with Crippen LogP contribution in [0.5, 0.6) is 0 Å². The second-order valence-corrected chi connectivity index (χ2v) is 5.23. The van der Waals surface area contributed by atoms with Gasteiger partial charge in [-0.1, -0.05) is 11.6 Å². The van der Waals surface area contributed by atoms with E-state index >= 15 is 0 Å². The Morgan fingerprint density at radius 2 is 1.83 bits per heavy atom. The minimum Gasteiger partial charge on any atom is -0.444 e. The normalized spacial score (nSPS) is 10.9. The van der Waals surface area contributed by atoms with Crippen LogP contribution in [0.3, 0.4) is 0 Å². The van der Waals surface area contributed by atoms with Gasteiger partial charge in [0.15, 0.2) is 5.78 Å². The summed E-state index contributed by atoms with van der Waals surface area (Å²) in [5, 5.41) is 2.59. The molecule has 1 amide bonds. The van der Waals surface area contributed by atoms with E-state index < -0.39 is 11.7 Å². The SMILES string of the molecule is CC(=O)c1cc(C)ccc1NC(=O)OC(C)(C)C. The first-order valence-corrected chi connectivity index (χ1v) is 5.80. The molecule has 0 atom stereocenters. The monoisotopic (exact) mass is 249 g/mol. The van der Waals surface area contributed by atoms with Crippen molar-refractivity contribution in [3.05, 3.63) is 29.3 Å². The Hall–Kier alpha value is -1.84. The summed E-state index contributed by atoms with van der Waals surface area (Å²) in [6, 6.07) is 5.28. The van der Waals surface area contributed by atoms with E-state index in [-0.39, 0.29) is 5.78 Å². The quantitative estimate of drug-likeness (QED) is 0.815. The predicted octanol–water partition coefficient (Wildman–Crippen LogP) is 3.54. The van der Waals surface area contributed by atoms with E-state index in [0.29, 0.717) is 11.3 Å². The van der Waals surface area contributed by atoms with E-state index in [1.54, 1.807) is 32.9 Å². The van der Waals surface area contributed by atoms with Crippen LogP contribution < -0.4 is 5.32 Å². The fourth-order valence-corrected chi connectivity index (χ4v) is 1.47. The second-order valence-electron chi connectivity index (χ2n) is 5.23. The summed E-state index contributed by atoms with van der Waals surface area (Å²) in [7, 11) is 0. The van der Waals surface area contributed by atoms with Gasteiger partial charge in [0.05, 0.1) is 5.69 Å². The molecule has 0 saturated heterocycles. The molecule has 4 heteroatoms. The summed E-state index contributed by atoms with van der Waals surface area (Å²) in [6.45, 7) is 8.72. The molecule has 0 aromatic heterocycles. The molecule has 98 valence electrons. The average molecular weight is 249 g/mol. The Morgan fingerprint density at radius 1 is 1.22 bits per heavy atom. The van der Waals surface area contributed by atoms with Gasteiger partial charge in [-0.25, -0.2) is 4.79 Å². The van der Waals surface area contributed by atoms with Gasteiger partial charge in [0.1, 0.15) is 5.60 Å². The van der Waals surface area contributed by atoms with Crippen LogP contribution in [0.25, 0.3) is 0 Å². The predicted molar refractivity (Wildman–Crippen MR) is 71.0 cm³/mol. The van der Waals surface area contributed by atoms with Crippen molar-refractivity contribution >= 4 is 17.6 Å². The van der Waals surface area contributed by atoms with E-state index in [9.17, 15) is 9.59 Å². The molecule has 0 bridgehead atoms. The number of amides is 1. The highest BCUT2D eigenvalue weighted by Gasteiger charge is 2.17. The molecule has 0 radical (unpaired) electrons. The lowest BCUT2D eigenvalue weighted by molar-refractivity contribution is 0.0636. The molecular formula is C14H19NO3. The number of nitrogens with one attached hydrogen (secondary N) is 1. The molecule has 1 aromatic carbocycles. The number of Topliss-reactive ketones (excluding diaryl/α,β-unsaturated/α-hetero) is 1. The lowest BCUT2D eigenvalue weighted by Crippen LogP contribution is -2.27. The standard InChI is InChI=1S/C14H19NO3/c1-9-6-7-12(11(8-9)10(2)16)15-13(17)18-14(3,4)5/h6-8H,1-5H3,(H,15,17). The highest BCUT2D eigenvalue weighted by Crippen LogP contribution is 2.19. The van der Waals surface area contributed by atoms with Crippen molar-refractivity contribution in [3.63, 3.8) is 0 Å². The highest BCUT2D eigenvalue weighted by molar-refractivity contribution is 6.02. The van der Waals surface area contributed by atoms with Gasteiger partial charge in [-0.3, -0.25) is 10.1 Å². The number of carbonyl (C=O) groups is 2. The summed E-state index contributed by atoms with van der Waals surface area (Å²) in [5.41, 5.74) is 1.36. The molecule has 1 aromatic rings. The number of ketones is 1. The molecule has 0 aliphatic heterocycles. The van der Waals surface area contributed by atoms with Crippen LogP contribution >= 0.6 is 0 Å². The molecule has 4 nitrogen and oxygen atoms in total. The van der Waals surface area contributed by atoms with Gasteiger partial charge in [-0.05, 0) is 46.8 Å². The first-order valence-electron chi connectivity index (χ1n) is 5.80. The maximum absolute atomic E-state index is 11.6. The molecule has 0 spiro atoms. The van der Waals surface area contributed by atoms with Crippen molar-refractivity contribution in [2.24, 2.45) is 0 Å². The van der Waals surface area contributed by atoms with E-state index in [1.165, 1.54) is 6.92 Å². The molecule has 1 rings (SSSR count). The van der Waals surface area contributed by atoms with Gasteiger partial charge in [0.2, 0.25) is 0 Å². The van der Waals surface area contributed by atoms with Crippen LogP contribution in [0.4, 0.5) is 10.5 Å². The van der Waals surface area contributed by atoms with Gasteiger partial charge < -0.3 is 4.74 Å². The fraction of sp³-hybridized carbons (Fsp3) is 0.429. The Balaban J connectivity index is 2.91. The summed E-state index contributed by atoms with van der Waals surface area (Å²) in [6.07, 6.45) is -0.561. The molecule has 0 aliphatic carbocycles. The van der Waals surface area contributed by atoms with Gasteiger partial charge >= 0.3 is 6.09 Å². The number of rotatable bonds is 2. The fourth-order valence-electron chi connectivity index (χ4n) is 1.47. The first-order chi connectivity index (χ1) is 8.19. The van der Waals surface area contributed by atoms with Crippen LogP contribution in [0, 0.1) is 6.92 Å². The van der Waals surface area contributed by atoms with E-state index in [2.05, 4.69) is 5.32 Å². The van der Waals surface area contributed by atoms with E-state index in [0.717, 1.165) is 5.56 Å². The number of hydrogen-bond donors (Lipinski definition) is 1. The lowest BCUT2D eigenvalue weighted by Gasteiger charge is -2.20. The number of aryl methyl sites for hydroxylation is 1. The third-order valence-electron chi connectivity index (χ3n) is 2.19. The van der Waals surface area contributed by atoms with Crippen molar-refractivity contribution in [2.45, 2.75) is 40.2 Å². The molecule has 18 heavy (non-hydrogen) atoms. The van der Waals surface area contributed by atoms with Gasteiger partial charge in [0, 0.05) is 5.56 Å². The lowest BCUT2D eigenvalue weighted by atomic mass is 10.1. The maximum Gasteiger partial charge on any atom is 0.412 e. The largest absolute Gasteiger partial charge is 0.444 e. The van der Waals surface area contributed by atoms with Crippen molar-refractivity contribution < 1.29 is 14.3 Å². The van der Waals surface area contributed by atoms with Crippen molar-refractivity contribution in [3.8, 4) is 0 Å². The Labute approximate surface area is 107 Å². The molecule has 0 saturated carbocycles. The molecule has 1 N–H and O–H groups in total. The number of anilines is 1. The van der Waals surface area contributed by atoms with Crippen LogP contribution in [-0.2, 0) is 4.74 Å². The highest BCUT2D eigenvalue weighted by atomic mass is 16.6. The number of hydrogen-bond acceptors (Lipinski definition) is 3. The summed E-state index contributed by atoms with van der Waals surface area (Å²) in [5.74, 6) is -0.0928. The molecular weight excluding hydrogens is 230 g/mol. The van der Waals surface area contributed by atoms with E-state index in [4.69, 9.17) is 4.74 Å². The summed E-state index contributed by atoms with van der Waals surface area (Å²) < 4.78 is 5.15. The van der Waals surface area contributed by atoms with Crippen molar-refractivity contribution in [1.29, 1.82) is 0 Å². The number of carbonyl (C=O) groups excluding carboxylic acids is 2. The maximum atomic E-state index is 11.6. The Morgan fingerprint density at radius 3 is 2.33 bits per heavy atom.